The van der Waals surface area contributed by atoms with Crippen molar-refractivity contribution in [3.8, 4) is 11.3 Å². The van der Waals surface area contributed by atoms with Crippen molar-refractivity contribution in [1.29, 1.82) is 0 Å². The first-order chi connectivity index (χ1) is 10.4. The number of hydrogen-bond acceptors (Lipinski definition) is 1. The van der Waals surface area contributed by atoms with Gasteiger partial charge in [0.1, 0.15) is 5.76 Å². The van der Waals surface area contributed by atoms with E-state index < -0.39 is 29.1 Å². The van der Waals surface area contributed by atoms with Crippen LogP contribution in [0.4, 0.5) is 30.7 Å². The predicted molar refractivity (Wildman–Crippen MR) is 68.5 cm³/mol. The molecule has 0 spiro atoms. The Balaban J connectivity index is 2.90. The van der Waals surface area contributed by atoms with Crippen LogP contribution >= 0.6 is 0 Å². The molecule has 1 aromatic heterocycles. The second-order valence-electron chi connectivity index (χ2n) is 5.14. The second-order valence-corrected chi connectivity index (χ2v) is 5.14. The molecule has 0 aliphatic heterocycles. The summed E-state index contributed by atoms with van der Waals surface area (Å²) in [5, 5.41) is 0. The van der Waals surface area contributed by atoms with Gasteiger partial charge in [0.05, 0.1) is 6.26 Å². The molecule has 0 radical (unpaired) electrons. The summed E-state index contributed by atoms with van der Waals surface area (Å²) >= 11 is 0. The number of furan rings is 1. The maximum atomic E-state index is 14.5. The number of aryl methyl sites for hydroxylation is 2. The summed E-state index contributed by atoms with van der Waals surface area (Å²) in [6.07, 6.45) is -11.3. The highest BCUT2D eigenvalue weighted by atomic mass is 19.4. The van der Waals surface area contributed by atoms with Crippen molar-refractivity contribution in [2.45, 2.75) is 31.9 Å². The first kappa shape index (κ1) is 17.4. The smallest absolute Gasteiger partial charge is 0.435 e. The fourth-order valence-electron chi connectivity index (χ4n) is 2.45. The molecule has 0 amide bonds. The van der Waals surface area contributed by atoms with Gasteiger partial charge in [-0.15, -0.1) is 0 Å². The van der Waals surface area contributed by atoms with Crippen molar-refractivity contribution >= 4 is 0 Å². The number of benzene rings is 1. The molecule has 1 heterocycles. The van der Waals surface area contributed by atoms with Crippen LogP contribution in [-0.4, -0.2) is 12.4 Å². The van der Waals surface area contributed by atoms with Gasteiger partial charge in [-0.25, -0.2) is 4.39 Å². The number of alkyl halides is 7. The summed E-state index contributed by atoms with van der Waals surface area (Å²) in [4.78, 5) is 0. The van der Waals surface area contributed by atoms with E-state index in [9.17, 15) is 30.7 Å². The molecule has 2 aromatic rings. The molecule has 0 saturated carbocycles. The number of halogens is 7. The highest BCUT2D eigenvalue weighted by Gasteiger charge is 2.74. The van der Waals surface area contributed by atoms with Gasteiger partial charge in [-0.2, -0.15) is 26.3 Å². The van der Waals surface area contributed by atoms with Crippen LogP contribution in [0.5, 0.6) is 0 Å². The van der Waals surface area contributed by atoms with E-state index in [0.29, 0.717) is 6.07 Å². The van der Waals surface area contributed by atoms with E-state index >= 15 is 0 Å². The molecule has 0 saturated heterocycles. The Morgan fingerprint density at radius 1 is 0.870 bits per heavy atom. The van der Waals surface area contributed by atoms with E-state index in [-0.39, 0.29) is 16.9 Å². The fourth-order valence-corrected chi connectivity index (χ4v) is 2.45. The van der Waals surface area contributed by atoms with Crippen LogP contribution in [0.15, 0.2) is 34.9 Å². The zero-order chi connectivity index (χ0) is 17.6. The van der Waals surface area contributed by atoms with Crippen LogP contribution in [0.1, 0.15) is 16.7 Å². The predicted octanol–water partition coefficient (Wildman–Crippen LogP) is 5.85. The first-order valence-corrected chi connectivity index (χ1v) is 6.37. The monoisotopic (exact) mass is 340 g/mol. The molecule has 0 atom stereocenters. The van der Waals surface area contributed by atoms with E-state index in [1.165, 1.54) is 32.0 Å². The van der Waals surface area contributed by atoms with E-state index in [1.54, 1.807) is 0 Å². The van der Waals surface area contributed by atoms with Gasteiger partial charge in [-0.05, 0) is 31.5 Å². The van der Waals surface area contributed by atoms with Crippen molar-refractivity contribution < 1.29 is 35.2 Å². The van der Waals surface area contributed by atoms with E-state index in [1.807, 2.05) is 0 Å². The molecule has 0 aliphatic rings. The summed E-state index contributed by atoms with van der Waals surface area (Å²) in [5.74, 6) is -0.270. The quantitative estimate of drug-likeness (QED) is 0.625. The van der Waals surface area contributed by atoms with Gasteiger partial charge >= 0.3 is 18.0 Å². The maximum Gasteiger partial charge on any atom is 0.435 e. The van der Waals surface area contributed by atoms with Crippen molar-refractivity contribution in [1.82, 2.24) is 0 Å². The largest absolute Gasteiger partial charge is 0.464 e. The van der Waals surface area contributed by atoms with Gasteiger partial charge in [-0.1, -0.05) is 17.7 Å². The third-order valence-electron chi connectivity index (χ3n) is 3.40. The highest BCUT2D eigenvalue weighted by molar-refractivity contribution is 5.69. The Morgan fingerprint density at radius 2 is 1.43 bits per heavy atom. The molecule has 0 bridgehead atoms. The lowest BCUT2D eigenvalue weighted by Crippen LogP contribution is -2.50. The number of rotatable bonds is 2. The Kier molecular flexibility index (Phi) is 3.99. The molecule has 0 N–H and O–H groups in total. The lowest BCUT2D eigenvalue weighted by molar-refractivity contribution is -0.348. The third-order valence-corrected chi connectivity index (χ3v) is 3.40. The van der Waals surface area contributed by atoms with Crippen molar-refractivity contribution in [2.24, 2.45) is 0 Å². The Hall–Kier alpha value is -1.99. The maximum absolute atomic E-state index is 14.5. The molecule has 0 fully saturated rings. The molecular formula is C15H11F7O. The summed E-state index contributed by atoms with van der Waals surface area (Å²) in [5.41, 5.74) is -7.46. The third kappa shape index (κ3) is 2.70. The minimum Gasteiger partial charge on any atom is -0.464 e. The Labute approximate surface area is 126 Å². The van der Waals surface area contributed by atoms with Gasteiger partial charge in [-0.3, -0.25) is 0 Å². The lowest BCUT2D eigenvalue weighted by Gasteiger charge is -2.32. The lowest BCUT2D eigenvalue weighted by atomic mass is 9.85. The summed E-state index contributed by atoms with van der Waals surface area (Å²) in [6.45, 7) is 2.58. The average molecular weight is 340 g/mol. The second kappa shape index (κ2) is 5.28. The van der Waals surface area contributed by atoms with Crippen LogP contribution in [-0.2, 0) is 5.67 Å². The first-order valence-electron chi connectivity index (χ1n) is 6.37. The molecule has 1 aromatic carbocycles. The minimum absolute atomic E-state index is 0.0467. The molecular weight excluding hydrogens is 329 g/mol. The van der Waals surface area contributed by atoms with Gasteiger partial charge in [0.2, 0.25) is 0 Å². The van der Waals surface area contributed by atoms with Gasteiger partial charge in [0.15, 0.2) is 0 Å². The Bertz CT molecular complexity index is 682. The number of hydrogen-bond donors (Lipinski definition) is 0. The fraction of sp³-hybridized carbons (Fsp3) is 0.333. The summed E-state index contributed by atoms with van der Waals surface area (Å²) in [7, 11) is 0. The topological polar surface area (TPSA) is 13.1 Å². The van der Waals surface area contributed by atoms with Gasteiger partial charge in [0.25, 0.3) is 0 Å². The van der Waals surface area contributed by atoms with Crippen molar-refractivity contribution in [2.75, 3.05) is 0 Å². The van der Waals surface area contributed by atoms with Crippen LogP contribution in [0, 0.1) is 13.8 Å². The summed E-state index contributed by atoms with van der Waals surface area (Å²) in [6, 6.07) is 4.37. The molecule has 1 nitrogen and oxygen atoms in total. The highest BCUT2D eigenvalue weighted by Crippen LogP contribution is 2.55. The standard InChI is InChI=1S/C15H11F7O/c1-8-6-9(2)12(11-4-3-5-23-11)10(7-8)13(16,14(17,18)19)15(20,21)22/h3-7H,1-2H3. The van der Waals surface area contributed by atoms with Gasteiger partial charge < -0.3 is 4.42 Å². The van der Waals surface area contributed by atoms with Gasteiger partial charge in [0, 0.05) is 11.1 Å². The van der Waals surface area contributed by atoms with E-state index in [0.717, 1.165) is 6.26 Å². The van der Waals surface area contributed by atoms with Crippen molar-refractivity contribution in [3.63, 3.8) is 0 Å². The molecule has 23 heavy (non-hydrogen) atoms. The molecule has 2 rings (SSSR count). The normalized spacial score (nSPS) is 13.4. The zero-order valence-corrected chi connectivity index (χ0v) is 11.9. The van der Waals surface area contributed by atoms with Crippen LogP contribution in [0.2, 0.25) is 0 Å². The van der Waals surface area contributed by atoms with E-state index in [2.05, 4.69) is 0 Å². The summed E-state index contributed by atoms with van der Waals surface area (Å²) < 4.78 is 97.6. The SMILES string of the molecule is Cc1cc(C)c(-c2ccco2)c(C(F)(C(F)(F)F)C(F)(F)F)c1. The average Bonchev–Trinajstić information content (AvgIpc) is 2.87. The molecule has 8 heteroatoms. The van der Waals surface area contributed by atoms with Crippen LogP contribution in [0.25, 0.3) is 11.3 Å². The molecule has 126 valence electrons. The van der Waals surface area contributed by atoms with Crippen LogP contribution < -0.4 is 0 Å². The minimum atomic E-state index is -6.17. The van der Waals surface area contributed by atoms with Crippen LogP contribution in [0.3, 0.4) is 0 Å². The van der Waals surface area contributed by atoms with E-state index in [4.69, 9.17) is 4.42 Å². The molecule has 0 aliphatic carbocycles. The Morgan fingerprint density at radius 3 is 1.87 bits per heavy atom. The zero-order valence-electron chi connectivity index (χ0n) is 11.9. The molecule has 0 unspecified atom stereocenters. The van der Waals surface area contributed by atoms with Crippen molar-refractivity contribution in [3.05, 3.63) is 47.2 Å².